The predicted octanol–water partition coefficient (Wildman–Crippen LogP) is 1.48. The molecular weight excluding hydrogens is 477 g/mol. The number of ether oxygens (including phenoxy) is 2. The standard InChI is InChI=1S/C18H28IN5O4/c1-17(2,3)28-16(26)21-11-9-27-10-18(11)5-7-24(8-6-18)15-22-13(20)12(19)14(25)23(15)4/h11H,5-10,20H2,1-4H3,(H,21,26)/t11-/m1/s1. The Morgan fingerprint density at radius 3 is 2.64 bits per heavy atom. The van der Waals surface area contributed by atoms with Crippen LogP contribution < -0.4 is 21.5 Å². The summed E-state index contributed by atoms with van der Waals surface area (Å²) in [5.74, 6) is 0.834. The lowest BCUT2D eigenvalue weighted by Crippen LogP contribution is -2.53. The number of nitrogens with one attached hydrogen (secondary N) is 1. The Labute approximate surface area is 178 Å². The maximum Gasteiger partial charge on any atom is 0.407 e. The molecule has 0 saturated carbocycles. The second kappa shape index (κ2) is 7.69. The number of nitrogens with zero attached hydrogens (tertiary/aromatic N) is 3. The van der Waals surface area contributed by atoms with Gasteiger partial charge in [0.25, 0.3) is 5.56 Å². The summed E-state index contributed by atoms with van der Waals surface area (Å²) in [6.45, 7) is 8.02. The molecule has 3 N–H and O–H groups in total. The van der Waals surface area contributed by atoms with E-state index in [4.69, 9.17) is 15.2 Å². The van der Waals surface area contributed by atoms with Crippen LogP contribution in [0.3, 0.4) is 0 Å². The number of nitrogens with two attached hydrogens (primary N) is 1. The molecule has 0 aliphatic carbocycles. The quantitative estimate of drug-likeness (QED) is 0.586. The van der Waals surface area contributed by atoms with Crippen LogP contribution in [-0.4, -0.2) is 53.6 Å². The first-order valence-corrected chi connectivity index (χ1v) is 10.4. The third-order valence-electron chi connectivity index (χ3n) is 5.38. The number of carbonyl (C=O) groups excluding carboxylic acids is 1. The largest absolute Gasteiger partial charge is 0.444 e. The zero-order valence-electron chi connectivity index (χ0n) is 16.7. The zero-order chi connectivity index (χ0) is 20.7. The van der Waals surface area contributed by atoms with Gasteiger partial charge in [-0.3, -0.25) is 9.36 Å². The minimum Gasteiger partial charge on any atom is -0.444 e. The van der Waals surface area contributed by atoms with E-state index in [0.29, 0.717) is 35.8 Å². The summed E-state index contributed by atoms with van der Waals surface area (Å²) in [5.41, 5.74) is 5.08. The Balaban J connectivity index is 1.70. The van der Waals surface area contributed by atoms with E-state index < -0.39 is 11.7 Å². The number of hydrogen-bond acceptors (Lipinski definition) is 7. The third-order valence-corrected chi connectivity index (χ3v) is 6.40. The van der Waals surface area contributed by atoms with Gasteiger partial charge < -0.3 is 25.4 Å². The maximum atomic E-state index is 12.3. The number of nitrogen functional groups attached to an aromatic ring is 1. The highest BCUT2D eigenvalue weighted by Crippen LogP contribution is 2.40. The first kappa shape index (κ1) is 21.2. The second-order valence-corrected chi connectivity index (χ2v) is 9.62. The molecule has 1 atom stereocenters. The minimum absolute atomic E-state index is 0.0944. The van der Waals surface area contributed by atoms with Gasteiger partial charge in [-0.25, -0.2) is 4.79 Å². The summed E-state index contributed by atoms with van der Waals surface area (Å²) in [4.78, 5) is 31.0. The fourth-order valence-electron chi connectivity index (χ4n) is 3.81. The Hall–Kier alpha value is -1.56. The summed E-state index contributed by atoms with van der Waals surface area (Å²) >= 11 is 1.92. The van der Waals surface area contributed by atoms with Crippen molar-refractivity contribution in [1.82, 2.24) is 14.9 Å². The van der Waals surface area contributed by atoms with Crippen molar-refractivity contribution in [3.63, 3.8) is 0 Å². The van der Waals surface area contributed by atoms with Gasteiger partial charge in [0.15, 0.2) is 0 Å². The topological polar surface area (TPSA) is 112 Å². The van der Waals surface area contributed by atoms with Crippen molar-refractivity contribution < 1.29 is 14.3 Å². The molecular formula is C18H28IN5O4. The smallest absolute Gasteiger partial charge is 0.407 e. The number of piperidine rings is 1. The molecule has 2 aliphatic rings. The average molecular weight is 505 g/mol. The highest BCUT2D eigenvalue weighted by molar-refractivity contribution is 14.1. The number of rotatable bonds is 2. The molecule has 1 spiro atoms. The van der Waals surface area contributed by atoms with Crippen molar-refractivity contribution >= 4 is 40.5 Å². The van der Waals surface area contributed by atoms with Crippen LogP contribution in [0.15, 0.2) is 4.79 Å². The molecule has 28 heavy (non-hydrogen) atoms. The van der Waals surface area contributed by atoms with Crippen molar-refractivity contribution in [3.05, 3.63) is 13.9 Å². The summed E-state index contributed by atoms with van der Waals surface area (Å²) in [6.07, 6.45) is 1.21. The lowest BCUT2D eigenvalue weighted by Gasteiger charge is -2.42. The van der Waals surface area contributed by atoms with E-state index in [-0.39, 0.29) is 22.8 Å². The van der Waals surface area contributed by atoms with Gasteiger partial charge in [0, 0.05) is 25.6 Å². The highest BCUT2D eigenvalue weighted by atomic mass is 127. The number of anilines is 2. The fourth-order valence-corrected chi connectivity index (χ4v) is 4.29. The van der Waals surface area contributed by atoms with Gasteiger partial charge in [-0.1, -0.05) is 0 Å². The highest BCUT2D eigenvalue weighted by Gasteiger charge is 2.47. The number of carbonyl (C=O) groups is 1. The third kappa shape index (κ3) is 4.22. The zero-order valence-corrected chi connectivity index (χ0v) is 18.9. The summed E-state index contributed by atoms with van der Waals surface area (Å²) in [5, 5.41) is 2.99. The minimum atomic E-state index is -0.540. The summed E-state index contributed by atoms with van der Waals surface area (Å²) in [6, 6.07) is -0.0944. The average Bonchev–Trinajstić information content (AvgIpc) is 2.97. The van der Waals surface area contributed by atoms with E-state index in [2.05, 4.69) is 15.2 Å². The van der Waals surface area contributed by atoms with Gasteiger partial charge >= 0.3 is 6.09 Å². The van der Waals surface area contributed by atoms with E-state index in [1.807, 2.05) is 43.4 Å². The molecule has 2 aliphatic heterocycles. The van der Waals surface area contributed by atoms with Crippen molar-refractivity contribution in [3.8, 4) is 0 Å². The lowest BCUT2D eigenvalue weighted by atomic mass is 9.74. The van der Waals surface area contributed by atoms with Gasteiger partial charge in [-0.15, -0.1) is 0 Å². The number of amides is 1. The number of aromatic nitrogens is 2. The van der Waals surface area contributed by atoms with Crippen LogP contribution in [0.1, 0.15) is 33.6 Å². The normalized spacial score (nSPS) is 21.8. The maximum absolute atomic E-state index is 12.3. The van der Waals surface area contributed by atoms with E-state index in [9.17, 15) is 9.59 Å². The van der Waals surface area contributed by atoms with Crippen LogP contribution >= 0.6 is 22.6 Å². The molecule has 0 radical (unpaired) electrons. The van der Waals surface area contributed by atoms with Gasteiger partial charge in [0.2, 0.25) is 5.95 Å². The number of halogens is 1. The summed E-state index contributed by atoms with van der Waals surface area (Å²) in [7, 11) is 1.71. The molecule has 9 nitrogen and oxygen atoms in total. The van der Waals surface area contributed by atoms with Crippen molar-refractivity contribution in [1.29, 1.82) is 0 Å². The molecule has 10 heteroatoms. The van der Waals surface area contributed by atoms with Gasteiger partial charge in [-0.05, 0) is 56.2 Å². The second-order valence-electron chi connectivity index (χ2n) is 8.54. The SMILES string of the molecule is Cn1c(N2CCC3(CC2)COC[C@H]3NC(=O)OC(C)(C)C)nc(N)c(I)c1=O. The molecule has 0 aromatic carbocycles. The van der Waals surface area contributed by atoms with E-state index in [1.54, 1.807) is 7.05 Å². The monoisotopic (exact) mass is 505 g/mol. The van der Waals surface area contributed by atoms with Crippen LogP contribution in [0.5, 0.6) is 0 Å². The first-order valence-electron chi connectivity index (χ1n) is 9.37. The van der Waals surface area contributed by atoms with Crippen molar-refractivity contribution in [2.24, 2.45) is 12.5 Å². The van der Waals surface area contributed by atoms with E-state index in [0.717, 1.165) is 12.8 Å². The predicted molar refractivity (Wildman–Crippen MR) is 114 cm³/mol. The van der Waals surface area contributed by atoms with Gasteiger partial charge in [0.05, 0.1) is 19.3 Å². The number of alkyl carbamates (subject to hydrolysis) is 1. The molecule has 156 valence electrons. The van der Waals surface area contributed by atoms with Crippen LogP contribution in [0.4, 0.5) is 16.6 Å². The van der Waals surface area contributed by atoms with E-state index in [1.165, 1.54) is 4.57 Å². The molecule has 2 saturated heterocycles. The Kier molecular flexibility index (Phi) is 5.81. The molecule has 1 aromatic rings. The van der Waals surface area contributed by atoms with Crippen LogP contribution in [0.25, 0.3) is 0 Å². The fraction of sp³-hybridized carbons (Fsp3) is 0.722. The Morgan fingerprint density at radius 2 is 2.04 bits per heavy atom. The van der Waals surface area contributed by atoms with Crippen LogP contribution in [0.2, 0.25) is 0 Å². The molecule has 0 unspecified atom stereocenters. The van der Waals surface area contributed by atoms with Crippen LogP contribution in [-0.2, 0) is 16.5 Å². The van der Waals surface area contributed by atoms with Crippen LogP contribution in [0, 0.1) is 8.99 Å². The van der Waals surface area contributed by atoms with Gasteiger partial charge in [-0.2, -0.15) is 4.98 Å². The molecule has 2 fully saturated rings. The van der Waals surface area contributed by atoms with Gasteiger partial charge in [0.1, 0.15) is 15.0 Å². The molecule has 1 amide bonds. The van der Waals surface area contributed by atoms with Crippen molar-refractivity contribution in [2.75, 3.05) is 36.9 Å². The summed E-state index contributed by atoms with van der Waals surface area (Å²) < 4.78 is 13.1. The lowest BCUT2D eigenvalue weighted by molar-refractivity contribution is 0.0455. The Morgan fingerprint density at radius 1 is 1.39 bits per heavy atom. The number of hydrogen-bond donors (Lipinski definition) is 2. The molecule has 1 aromatic heterocycles. The molecule has 3 heterocycles. The molecule has 3 rings (SSSR count). The Bertz CT molecular complexity index is 811. The molecule has 0 bridgehead atoms. The first-order chi connectivity index (χ1) is 13.0. The van der Waals surface area contributed by atoms with E-state index >= 15 is 0 Å². The van der Waals surface area contributed by atoms with Crippen molar-refractivity contribution in [2.45, 2.75) is 45.3 Å².